The molecule has 104 valence electrons. The van der Waals surface area contributed by atoms with Gasteiger partial charge in [-0.1, -0.05) is 0 Å². The molecular weight excluding hydrogens is 232 g/mol. The number of carbonyl (C=O) groups excluding carboxylic acids is 1. The maximum Gasteiger partial charge on any atom is 0.228 e. The molecule has 2 N–H and O–H groups in total. The molecule has 2 fully saturated rings. The third-order valence-electron chi connectivity index (χ3n) is 4.02. The van der Waals surface area contributed by atoms with Gasteiger partial charge in [-0.15, -0.1) is 0 Å². The molecule has 2 heterocycles. The summed E-state index contributed by atoms with van der Waals surface area (Å²) in [5.41, 5.74) is -0.335. The third kappa shape index (κ3) is 3.22. The molecular formula is C13H24N2O3. The first-order valence-corrected chi connectivity index (χ1v) is 6.85. The zero-order valence-corrected chi connectivity index (χ0v) is 11.2. The monoisotopic (exact) mass is 256 g/mol. The number of methoxy groups -OCH3 is 1. The van der Waals surface area contributed by atoms with Crippen molar-refractivity contribution in [1.82, 2.24) is 10.6 Å². The molecule has 2 rings (SSSR count). The minimum absolute atomic E-state index is 0.165. The van der Waals surface area contributed by atoms with Crippen LogP contribution in [0.15, 0.2) is 0 Å². The number of rotatable bonds is 4. The van der Waals surface area contributed by atoms with Gasteiger partial charge in [-0.2, -0.15) is 0 Å². The lowest BCUT2D eigenvalue weighted by atomic mass is 9.78. The quantitative estimate of drug-likeness (QED) is 0.759. The molecule has 2 aliphatic rings. The van der Waals surface area contributed by atoms with Crippen LogP contribution in [0.1, 0.15) is 25.7 Å². The van der Waals surface area contributed by atoms with Crippen LogP contribution in [0.4, 0.5) is 0 Å². The van der Waals surface area contributed by atoms with Gasteiger partial charge >= 0.3 is 0 Å². The Labute approximate surface area is 109 Å². The van der Waals surface area contributed by atoms with Crippen LogP contribution in [0, 0.1) is 5.41 Å². The van der Waals surface area contributed by atoms with Gasteiger partial charge in [0.1, 0.15) is 0 Å². The second-order valence-electron chi connectivity index (χ2n) is 5.32. The van der Waals surface area contributed by atoms with Crippen LogP contribution in [-0.4, -0.2) is 52.0 Å². The van der Waals surface area contributed by atoms with Gasteiger partial charge in [-0.25, -0.2) is 0 Å². The Bertz CT molecular complexity index is 266. The van der Waals surface area contributed by atoms with Crippen molar-refractivity contribution in [1.29, 1.82) is 0 Å². The van der Waals surface area contributed by atoms with E-state index in [2.05, 4.69) is 10.6 Å². The number of piperidine rings is 1. The van der Waals surface area contributed by atoms with Gasteiger partial charge < -0.3 is 20.1 Å². The minimum Gasteiger partial charge on any atom is -0.384 e. The lowest BCUT2D eigenvalue weighted by Crippen LogP contribution is -2.53. The Hall–Kier alpha value is -0.650. The summed E-state index contributed by atoms with van der Waals surface area (Å²) >= 11 is 0. The number of nitrogens with one attached hydrogen (secondary N) is 2. The van der Waals surface area contributed by atoms with Crippen LogP contribution in [0.2, 0.25) is 0 Å². The number of carbonyl (C=O) groups is 1. The standard InChI is InChI=1S/C13H24N2O3/c1-17-10-13(4-6-14-7-5-13)12(16)15-11-2-8-18-9-3-11/h11,14H,2-10H2,1H3,(H,15,16). The van der Waals surface area contributed by atoms with Gasteiger partial charge in [0.15, 0.2) is 0 Å². The molecule has 0 aromatic rings. The van der Waals surface area contributed by atoms with Gasteiger partial charge in [0.05, 0.1) is 12.0 Å². The molecule has 2 aliphatic heterocycles. The molecule has 2 saturated heterocycles. The first kappa shape index (κ1) is 13.8. The highest BCUT2D eigenvalue weighted by Gasteiger charge is 2.40. The summed E-state index contributed by atoms with van der Waals surface area (Å²) in [7, 11) is 1.67. The van der Waals surface area contributed by atoms with E-state index in [4.69, 9.17) is 9.47 Å². The van der Waals surface area contributed by atoms with Gasteiger partial charge in [0.25, 0.3) is 0 Å². The van der Waals surface area contributed by atoms with Crippen LogP contribution >= 0.6 is 0 Å². The zero-order valence-electron chi connectivity index (χ0n) is 11.2. The number of hydrogen-bond donors (Lipinski definition) is 2. The van der Waals surface area contributed by atoms with E-state index in [0.717, 1.165) is 52.0 Å². The zero-order chi connectivity index (χ0) is 12.8. The first-order chi connectivity index (χ1) is 8.77. The smallest absolute Gasteiger partial charge is 0.228 e. The molecule has 0 bridgehead atoms. The Kier molecular flexibility index (Phi) is 4.97. The largest absolute Gasteiger partial charge is 0.384 e. The molecule has 5 nitrogen and oxygen atoms in total. The second kappa shape index (κ2) is 6.50. The summed E-state index contributed by atoms with van der Waals surface area (Å²) < 4.78 is 10.6. The summed E-state index contributed by atoms with van der Waals surface area (Å²) in [4.78, 5) is 12.5. The second-order valence-corrected chi connectivity index (χ2v) is 5.32. The molecule has 0 radical (unpaired) electrons. The minimum atomic E-state index is -0.335. The Balaban J connectivity index is 1.94. The molecule has 1 amide bonds. The summed E-state index contributed by atoms with van der Waals surface area (Å²) in [6.07, 6.45) is 3.56. The first-order valence-electron chi connectivity index (χ1n) is 6.85. The topological polar surface area (TPSA) is 59.6 Å². The highest BCUT2D eigenvalue weighted by molar-refractivity contribution is 5.83. The molecule has 0 aromatic heterocycles. The molecule has 0 atom stereocenters. The Morgan fingerprint density at radius 1 is 1.39 bits per heavy atom. The predicted octanol–water partition coefficient (Wildman–Crippen LogP) is 0.298. The highest BCUT2D eigenvalue weighted by atomic mass is 16.5. The van der Waals surface area contributed by atoms with E-state index in [-0.39, 0.29) is 17.4 Å². The van der Waals surface area contributed by atoms with Crippen molar-refractivity contribution in [2.75, 3.05) is 40.0 Å². The molecule has 0 spiro atoms. The van der Waals surface area contributed by atoms with Crippen molar-refractivity contribution in [3.8, 4) is 0 Å². The summed E-state index contributed by atoms with van der Waals surface area (Å²) in [6.45, 7) is 3.81. The van der Waals surface area contributed by atoms with E-state index in [1.807, 2.05) is 0 Å². The predicted molar refractivity (Wildman–Crippen MR) is 68.4 cm³/mol. The van der Waals surface area contributed by atoms with Gasteiger partial charge in [-0.05, 0) is 38.8 Å². The SMILES string of the molecule is COCC1(C(=O)NC2CCOCC2)CCNCC1. The van der Waals surface area contributed by atoms with Crippen LogP contribution in [-0.2, 0) is 14.3 Å². The Morgan fingerprint density at radius 3 is 2.67 bits per heavy atom. The van der Waals surface area contributed by atoms with Gasteiger partial charge in [-0.3, -0.25) is 4.79 Å². The summed E-state index contributed by atoms with van der Waals surface area (Å²) in [5.74, 6) is 0.165. The van der Waals surface area contributed by atoms with Crippen molar-refractivity contribution in [3.05, 3.63) is 0 Å². The average Bonchev–Trinajstić information content (AvgIpc) is 2.41. The van der Waals surface area contributed by atoms with E-state index in [0.29, 0.717) is 6.61 Å². The summed E-state index contributed by atoms with van der Waals surface area (Å²) in [5, 5.41) is 6.49. The number of ether oxygens (including phenoxy) is 2. The molecule has 5 heteroatoms. The van der Waals surface area contributed by atoms with Gasteiger partial charge in [0.2, 0.25) is 5.91 Å². The molecule has 0 aromatic carbocycles. The van der Waals surface area contributed by atoms with Crippen LogP contribution in [0.5, 0.6) is 0 Å². The van der Waals surface area contributed by atoms with Crippen molar-refractivity contribution in [3.63, 3.8) is 0 Å². The average molecular weight is 256 g/mol. The van der Waals surface area contributed by atoms with Gasteiger partial charge in [0, 0.05) is 26.4 Å². The third-order valence-corrected chi connectivity index (χ3v) is 4.02. The summed E-state index contributed by atoms with van der Waals surface area (Å²) in [6, 6.07) is 0.273. The number of hydrogen-bond acceptors (Lipinski definition) is 4. The molecule has 0 unspecified atom stereocenters. The maximum absolute atomic E-state index is 12.5. The van der Waals surface area contributed by atoms with Crippen molar-refractivity contribution < 1.29 is 14.3 Å². The number of amides is 1. The van der Waals surface area contributed by atoms with E-state index in [1.54, 1.807) is 7.11 Å². The molecule has 18 heavy (non-hydrogen) atoms. The highest BCUT2D eigenvalue weighted by Crippen LogP contribution is 2.30. The van der Waals surface area contributed by atoms with E-state index < -0.39 is 0 Å². The van der Waals surface area contributed by atoms with Crippen molar-refractivity contribution in [2.45, 2.75) is 31.7 Å². The van der Waals surface area contributed by atoms with E-state index in [1.165, 1.54) is 0 Å². The molecule has 0 aliphatic carbocycles. The van der Waals surface area contributed by atoms with Crippen LogP contribution in [0.25, 0.3) is 0 Å². The van der Waals surface area contributed by atoms with Crippen molar-refractivity contribution in [2.24, 2.45) is 5.41 Å². The lowest BCUT2D eigenvalue weighted by Gasteiger charge is -2.37. The van der Waals surface area contributed by atoms with Crippen LogP contribution < -0.4 is 10.6 Å². The lowest BCUT2D eigenvalue weighted by molar-refractivity contribution is -0.137. The van der Waals surface area contributed by atoms with E-state index in [9.17, 15) is 4.79 Å². The Morgan fingerprint density at radius 2 is 2.06 bits per heavy atom. The van der Waals surface area contributed by atoms with E-state index >= 15 is 0 Å². The van der Waals surface area contributed by atoms with Crippen LogP contribution in [0.3, 0.4) is 0 Å². The van der Waals surface area contributed by atoms with Crippen molar-refractivity contribution >= 4 is 5.91 Å². The fourth-order valence-corrected chi connectivity index (χ4v) is 2.80. The fraction of sp³-hybridized carbons (Fsp3) is 0.923. The fourth-order valence-electron chi connectivity index (χ4n) is 2.80. The normalized spacial score (nSPS) is 24.7. The maximum atomic E-state index is 12.5. The molecule has 0 saturated carbocycles.